The number of hydrogen-bond donors (Lipinski definition) is 1. The molecule has 0 spiro atoms. The van der Waals surface area contributed by atoms with Gasteiger partial charge in [-0.1, -0.05) is 53.5 Å². The Morgan fingerprint density at radius 3 is 2.48 bits per heavy atom. The topological polar surface area (TPSA) is 40.5 Å². The van der Waals surface area contributed by atoms with Crippen molar-refractivity contribution in [2.75, 3.05) is 6.54 Å². The zero-order valence-electron chi connectivity index (χ0n) is 12.5. The molecule has 1 aliphatic heterocycles. The molecular weight excluding hydrogens is 333 g/mol. The fourth-order valence-corrected chi connectivity index (χ4v) is 3.54. The monoisotopic (exact) mass is 349 g/mol. The zero-order valence-corrected chi connectivity index (χ0v) is 14.0. The minimum absolute atomic E-state index is 0.0905. The summed E-state index contributed by atoms with van der Waals surface area (Å²) in [7, 11) is 0. The number of phenolic OH excluding ortho intramolecular Hbond substituents is 1. The molecule has 1 fully saturated rings. The lowest BCUT2D eigenvalue weighted by molar-refractivity contribution is 0.0736. The number of hydrogen-bond acceptors (Lipinski definition) is 2. The highest BCUT2D eigenvalue weighted by molar-refractivity contribution is 6.37. The van der Waals surface area contributed by atoms with Gasteiger partial charge in [-0.15, -0.1) is 0 Å². The highest BCUT2D eigenvalue weighted by Crippen LogP contribution is 2.34. The molecule has 2 aromatic rings. The number of carbonyl (C=O) groups excluding carboxylic acids is 1. The van der Waals surface area contributed by atoms with Gasteiger partial charge < -0.3 is 10.0 Å². The Labute approximate surface area is 145 Å². The van der Waals surface area contributed by atoms with Crippen molar-refractivity contribution in [3.05, 3.63) is 63.6 Å². The van der Waals surface area contributed by atoms with Gasteiger partial charge in [0.15, 0.2) is 5.75 Å². The van der Waals surface area contributed by atoms with E-state index in [0.29, 0.717) is 5.56 Å². The van der Waals surface area contributed by atoms with Crippen molar-refractivity contribution in [2.24, 2.45) is 0 Å². The molecule has 0 saturated carbocycles. The predicted molar refractivity (Wildman–Crippen MR) is 92.3 cm³/mol. The highest BCUT2D eigenvalue weighted by atomic mass is 35.5. The molecule has 1 amide bonds. The summed E-state index contributed by atoms with van der Waals surface area (Å²) in [4.78, 5) is 14.7. The van der Waals surface area contributed by atoms with Crippen molar-refractivity contribution >= 4 is 29.1 Å². The van der Waals surface area contributed by atoms with Crippen molar-refractivity contribution in [3.8, 4) is 5.75 Å². The first-order valence-corrected chi connectivity index (χ1v) is 8.35. The Bertz CT molecular complexity index is 695. The van der Waals surface area contributed by atoms with Crippen molar-refractivity contribution in [3.63, 3.8) is 0 Å². The van der Waals surface area contributed by atoms with Gasteiger partial charge in [-0.25, -0.2) is 0 Å². The lowest BCUT2D eigenvalue weighted by atomic mass is 10.0. The van der Waals surface area contributed by atoms with E-state index >= 15 is 0 Å². The first-order valence-electron chi connectivity index (χ1n) is 7.59. The third-order valence-electron chi connectivity index (χ3n) is 4.22. The first-order chi connectivity index (χ1) is 11.1. The quantitative estimate of drug-likeness (QED) is 0.883. The van der Waals surface area contributed by atoms with Crippen LogP contribution in [0.3, 0.4) is 0 Å². The molecule has 0 aromatic heterocycles. The summed E-state index contributed by atoms with van der Waals surface area (Å²) in [5.41, 5.74) is 1.64. The Balaban J connectivity index is 1.81. The van der Waals surface area contributed by atoms with Gasteiger partial charge in [0.2, 0.25) is 0 Å². The number of halogens is 2. The normalized spacial score (nSPS) is 17.5. The fourth-order valence-electron chi connectivity index (χ4n) is 3.06. The Morgan fingerprint density at radius 2 is 1.83 bits per heavy atom. The van der Waals surface area contributed by atoms with Crippen LogP contribution in [0.2, 0.25) is 10.0 Å². The standard InChI is InChI=1S/C18H17Cl2NO2/c19-15-10-13(11-16(20)17(15)22)18(23)21-8-4-7-14(21)9-12-5-2-1-3-6-12/h1-3,5-6,10-11,14,22H,4,7-9H2/t14-/m0/s1. The van der Waals surface area contributed by atoms with Gasteiger partial charge >= 0.3 is 0 Å². The van der Waals surface area contributed by atoms with Gasteiger partial charge in [0.05, 0.1) is 10.0 Å². The molecule has 1 aliphatic rings. The molecular formula is C18H17Cl2NO2. The van der Waals surface area contributed by atoms with Gasteiger partial charge in [0, 0.05) is 18.2 Å². The van der Waals surface area contributed by atoms with Gasteiger partial charge in [-0.2, -0.15) is 0 Å². The summed E-state index contributed by atoms with van der Waals surface area (Å²) in [6.45, 7) is 0.729. The van der Waals surface area contributed by atoms with Gasteiger partial charge in [-0.3, -0.25) is 4.79 Å². The van der Waals surface area contributed by atoms with Gasteiger partial charge in [-0.05, 0) is 37.0 Å². The first kappa shape index (κ1) is 16.2. The highest BCUT2D eigenvalue weighted by Gasteiger charge is 2.30. The maximum absolute atomic E-state index is 12.8. The lowest BCUT2D eigenvalue weighted by Gasteiger charge is -2.25. The molecule has 2 aromatic carbocycles. The number of rotatable bonds is 3. The van der Waals surface area contributed by atoms with Crippen LogP contribution in [0.25, 0.3) is 0 Å². The van der Waals surface area contributed by atoms with E-state index in [-0.39, 0.29) is 27.7 Å². The maximum atomic E-state index is 12.8. The van der Waals surface area contributed by atoms with E-state index in [0.717, 1.165) is 25.8 Å². The fraction of sp³-hybridized carbons (Fsp3) is 0.278. The second-order valence-electron chi connectivity index (χ2n) is 5.77. The van der Waals surface area contributed by atoms with E-state index < -0.39 is 0 Å². The summed E-state index contributed by atoms with van der Waals surface area (Å²) in [6, 6.07) is 13.3. The van der Waals surface area contributed by atoms with Crippen molar-refractivity contribution < 1.29 is 9.90 Å². The van der Waals surface area contributed by atoms with E-state index in [1.54, 1.807) is 0 Å². The molecule has 3 nitrogen and oxygen atoms in total. The number of likely N-dealkylation sites (tertiary alicyclic amines) is 1. The van der Waals surface area contributed by atoms with Crippen LogP contribution in [-0.2, 0) is 6.42 Å². The lowest BCUT2D eigenvalue weighted by Crippen LogP contribution is -2.36. The molecule has 1 heterocycles. The molecule has 1 saturated heterocycles. The SMILES string of the molecule is O=C(c1cc(Cl)c(O)c(Cl)c1)N1CCC[C@H]1Cc1ccccc1. The number of aromatic hydroxyl groups is 1. The van der Waals surface area contributed by atoms with Crippen LogP contribution in [0.1, 0.15) is 28.8 Å². The minimum atomic E-state index is -0.188. The molecule has 0 unspecified atom stereocenters. The number of phenols is 1. The molecule has 0 aliphatic carbocycles. The van der Waals surface area contributed by atoms with Crippen LogP contribution in [0.4, 0.5) is 0 Å². The number of amides is 1. The van der Waals surface area contributed by atoms with Crippen LogP contribution in [-0.4, -0.2) is 28.5 Å². The van der Waals surface area contributed by atoms with Gasteiger partial charge in [0.25, 0.3) is 5.91 Å². The average molecular weight is 350 g/mol. The molecule has 0 radical (unpaired) electrons. The largest absolute Gasteiger partial charge is 0.505 e. The molecule has 0 bridgehead atoms. The summed E-state index contributed by atoms with van der Waals surface area (Å²) < 4.78 is 0. The third-order valence-corrected chi connectivity index (χ3v) is 4.79. The van der Waals surface area contributed by atoms with Crippen LogP contribution in [0.15, 0.2) is 42.5 Å². The van der Waals surface area contributed by atoms with E-state index in [9.17, 15) is 9.90 Å². The van der Waals surface area contributed by atoms with Crippen molar-refractivity contribution in [1.82, 2.24) is 4.90 Å². The molecule has 3 rings (SSSR count). The third kappa shape index (κ3) is 3.46. The summed E-state index contributed by atoms with van der Waals surface area (Å²) in [5, 5.41) is 9.83. The molecule has 1 N–H and O–H groups in total. The number of benzene rings is 2. The van der Waals surface area contributed by atoms with Crippen LogP contribution >= 0.6 is 23.2 Å². The van der Waals surface area contributed by atoms with Crippen molar-refractivity contribution in [2.45, 2.75) is 25.3 Å². The molecule has 1 atom stereocenters. The molecule has 120 valence electrons. The molecule has 5 heteroatoms. The Morgan fingerprint density at radius 1 is 1.17 bits per heavy atom. The van der Waals surface area contributed by atoms with E-state index in [1.165, 1.54) is 17.7 Å². The van der Waals surface area contributed by atoms with Crippen molar-refractivity contribution in [1.29, 1.82) is 0 Å². The van der Waals surface area contributed by atoms with Crippen LogP contribution < -0.4 is 0 Å². The zero-order chi connectivity index (χ0) is 16.4. The maximum Gasteiger partial charge on any atom is 0.254 e. The van der Waals surface area contributed by atoms with Crippen LogP contribution in [0, 0.1) is 0 Å². The number of nitrogens with zero attached hydrogens (tertiary/aromatic N) is 1. The summed E-state index contributed by atoms with van der Waals surface area (Å²) in [5.74, 6) is -0.278. The van der Waals surface area contributed by atoms with E-state index in [4.69, 9.17) is 23.2 Å². The van der Waals surface area contributed by atoms with E-state index in [2.05, 4.69) is 12.1 Å². The Kier molecular flexibility index (Phi) is 4.79. The second-order valence-corrected chi connectivity index (χ2v) is 6.59. The summed E-state index contributed by atoms with van der Waals surface area (Å²) >= 11 is 11.9. The molecule has 23 heavy (non-hydrogen) atoms. The summed E-state index contributed by atoms with van der Waals surface area (Å²) in [6.07, 6.45) is 2.81. The van der Waals surface area contributed by atoms with Crippen LogP contribution in [0.5, 0.6) is 5.75 Å². The smallest absolute Gasteiger partial charge is 0.254 e. The van der Waals surface area contributed by atoms with Gasteiger partial charge in [0.1, 0.15) is 0 Å². The predicted octanol–water partition coefficient (Wildman–Crippen LogP) is 4.55. The minimum Gasteiger partial charge on any atom is -0.505 e. The second kappa shape index (κ2) is 6.81. The Hall–Kier alpha value is -1.71. The average Bonchev–Trinajstić information content (AvgIpc) is 3.00. The number of carbonyl (C=O) groups is 1. The van der Waals surface area contributed by atoms with E-state index in [1.807, 2.05) is 23.1 Å².